The third kappa shape index (κ3) is 5.53. The van der Waals surface area contributed by atoms with Gasteiger partial charge in [-0.3, -0.25) is 4.79 Å². The van der Waals surface area contributed by atoms with Crippen LogP contribution >= 0.6 is 12.4 Å². The first kappa shape index (κ1) is 17.8. The molecule has 0 aliphatic carbocycles. The van der Waals surface area contributed by atoms with Crippen molar-refractivity contribution in [1.82, 2.24) is 5.32 Å². The number of amides is 1. The molecule has 3 nitrogen and oxygen atoms in total. The topological polar surface area (TPSA) is 55.1 Å². The molecule has 0 heterocycles. The van der Waals surface area contributed by atoms with Crippen LogP contribution in [0.2, 0.25) is 0 Å². The molecule has 0 radical (unpaired) electrons. The van der Waals surface area contributed by atoms with E-state index in [2.05, 4.69) is 5.32 Å². The molecule has 0 saturated carbocycles. The maximum Gasteiger partial charge on any atom is 0.251 e. The van der Waals surface area contributed by atoms with Gasteiger partial charge in [-0.1, -0.05) is 19.8 Å². The summed E-state index contributed by atoms with van der Waals surface area (Å²) < 4.78 is 25.7. The number of benzene rings is 1. The number of carbonyl (C=O) groups excluding carboxylic acids is 1. The van der Waals surface area contributed by atoms with E-state index in [1.165, 1.54) is 6.07 Å². The molecule has 0 fully saturated rings. The number of unbranched alkanes of at least 4 members (excludes halogenated alkanes) is 1. The van der Waals surface area contributed by atoms with Crippen LogP contribution < -0.4 is 11.1 Å². The number of halogens is 3. The van der Waals surface area contributed by atoms with Gasteiger partial charge in [-0.15, -0.1) is 12.4 Å². The van der Waals surface area contributed by atoms with Gasteiger partial charge in [0.1, 0.15) is 0 Å². The molecule has 3 N–H and O–H groups in total. The molecule has 1 rings (SSSR count). The lowest BCUT2D eigenvalue weighted by atomic mass is 10.1. The lowest BCUT2D eigenvalue weighted by Gasteiger charge is -2.16. The van der Waals surface area contributed by atoms with Crippen LogP contribution in [-0.2, 0) is 0 Å². The lowest BCUT2D eigenvalue weighted by molar-refractivity contribution is 0.0935. The van der Waals surface area contributed by atoms with E-state index in [0.29, 0.717) is 6.54 Å². The van der Waals surface area contributed by atoms with Crippen LogP contribution in [0.5, 0.6) is 0 Å². The summed E-state index contributed by atoms with van der Waals surface area (Å²) in [5.41, 5.74) is 5.65. The number of hydrogen-bond acceptors (Lipinski definition) is 2. The van der Waals surface area contributed by atoms with Gasteiger partial charge in [-0.25, -0.2) is 8.78 Å². The third-order valence-corrected chi connectivity index (χ3v) is 2.71. The van der Waals surface area contributed by atoms with Crippen molar-refractivity contribution in [1.29, 1.82) is 0 Å². The number of nitrogens with two attached hydrogens (primary N) is 1. The van der Waals surface area contributed by atoms with Crippen LogP contribution in [-0.4, -0.2) is 18.5 Å². The van der Waals surface area contributed by atoms with Gasteiger partial charge in [-0.05, 0) is 24.6 Å². The SMILES string of the molecule is CCCCC(CN)NC(=O)c1ccc(F)c(F)c1.Cl. The Kier molecular flexibility index (Phi) is 8.27. The molecule has 19 heavy (non-hydrogen) atoms. The lowest BCUT2D eigenvalue weighted by Crippen LogP contribution is -2.40. The van der Waals surface area contributed by atoms with Crippen molar-refractivity contribution in [3.63, 3.8) is 0 Å². The smallest absolute Gasteiger partial charge is 0.251 e. The highest BCUT2D eigenvalue weighted by atomic mass is 35.5. The normalized spacial score (nSPS) is 11.6. The monoisotopic (exact) mass is 292 g/mol. The molecule has 1 aromatic rings. The molecule has 1 aromatic carbocycles. The Hall–Kier alpha value is -1.20. The predicted octanol–water partition coefficient (Wildman–Crippen LogP) is 2.63. The zero-order valence-corrected chi connectivity index (χ0v) is 11.6. The summed E-state index contributed by atoms with van der Waals surface area (Å²) in [6, 6.07) is 2.94. The number of hydrogen-bond donors (Lipinski definition) is 2. The van der Waals surface area contributed by atoms with E-state index in [-0.39, 0.29) is 24.0 Å². The molecular weight excluding hydrogens is 274 g/mol. The second kappa shape index (κ2) is 8.82. The van der Waals surface area contributed by atoms with Crippen molar-refractivity contribution < 1.29 is 13.6 Å². The minimum Gasteiger partial charge on any atom is -0.348 e. The average molecular weight is 293 g/mol. The zero-order chi connectivity index (χ0) is 13.5. The van der Waals surface area contributed by atoms with E-state index in [1.54, 1.807) is 0 Å². The van der Waals surface area contributed by atoms with Crippen LogP contribution in [0.1, 0.15) is 36.5 Å². The molecule has 0 aliphatic heterocycles. The molecular formula is C13H19ClF2N2O. The zero-order valence-electron chi connectivity index (χ0n) is 10.8. The molecule has 1 amide bonds. The first-order valence-electron chi connectivity index (χ1n) is 6.04. The average Bonchev–Trinajstić information content (AvgIpc) is 2.37. The van der Waals surface area contributed by atoms with Gasteiger partial charge in [0, 0.05) is 18.2 Å². The second-order valence-electron chi connectivity index (χ2n) is 4.18. The maximum atomic E-state index is 13.0. The first-order valence-corrected chi connectivity index (χ1v) is 6.04. The molecule has 1 atom stereocenters. The molecule has 108 valence electrons. The second-order valence-corrected chi connectivity index (χ2v) is 4.18. The maximum absolute atomic E-state index is 13.0. The van der Waals surface area contributed by atoms with Crippen LogP contribution in [0.3, 0.4) is 0 Å². The van der Waals surface area contributed by atoms with Crippen LogP contribution in [0, 0.1) is 11.6 Å². The van der Waals surface area contributed by atoms with Crippen molar-refractivity contribution in [2.24, 2.45) is 5.73 Å². The fourth-order valence-corrected chi connectivity index (χ4v) is 1.61. The largest absolute Gasteiger partial charge is 0.348 e. The summed E-state index contributed by atoms with van der Waals surface area (Å²) in [7, 11) is 0. The molecule has 0 aliphatic rings. The predicted molar refractivity (Wildman–Crippen MR) is 73.4 cm³/mol. The van der Waals surface area contributed by atoms with Crippen LogP contribution in [0.25, 0.3) is 0 Å². The van der Waals surface area contributed by atoms with E-state index in [4.69, 9.17) is 5.73 Å². The highest BCUT2D eigenvalue weighted by Gasteiger charge is 2.13. The Balaban J connectivity index is 0.00000324. The molecule has 0 spiro atoms. The summed E-state index contributed by atoms with van der Waals surface area (Å²) in [6.45, 7) is 2.38. The standard InChI is InChI=1S/C13H18F2N2O.ClH/c1-2-3-4-10(8-16)17-13(18)9-5-6-11(14)12(15)7-9;/h5-7,10H,2-4,8,16H2,1H3,(H,17,18);1H. The summed E-state index contributed by atoms with van der Waals surface area (Å²) in [6.07, 6.45) is 2.75. The van der Waals surface area contributed by atoms with Crippen molar-refractivity contribution in [2.75, 3.05) is 6.54 Å². The van der Waals surface area contributed by atoms with E-state index in [9.17, 15) is 13.6 Å². The van der Waals surface area contributed by atoms with E-state index >= 15 is 0 Å². The third-order valence-electron chi connectivity index (χ3n) is 2.71. The van der Waals surface area contributed by atoms with Crippen molar-refractivity contribution in [3.8, 4) is 0 Å². The fraction of sp³-hybridized carbons (Fsp3) is 0.462. The van der Waals surface area contributed by atoms with Gasteiger partial charge < -0.3 is 11.1 Å². The quantitative estimate of drug-likeness (QED) is 0.847. The van der Waals surface area contributed by atoms with Gasteiger partial charge >= 0.3 is 0 Å². The van der Waals surface area contributed by atoms with Crippen LogP contribution in [0.4, 0.5) is 8.78 Å². The van der Waals surface area contributed by atoms with E-state index in [0.717, 1.165) is 31.4 Å². The van der Waals surface area contributed by atoms with Crippen LogP contribution in [0.15, 0.2) is 18.2 Å². The highest BCUT2D eigenvalue weighted by Crippen LogP contribution is 2.09. The Bertz CT molecular complexity index is 416. The molecule has 1 unspecified atom stereocenters. The molecule has 0 bridgehead atoms. The van der Waals surface area contributed by atoms with Crippen molar-refractivity contribution >= 4 is 18.3 Å². The summed E-state index contributed by atoms with van der Waals surface area (Å²) in [4.78, 5) is 11.8. The molecule has 6 heteroatoms. The minimum atomic E-state index is -1.03. The Labute approximate surface area is 118 Å². The van der Waals surface area contributed by atoms with E-state index in [1.807, 2.05) is 6.92 Å². The van der Waals surface area contributed by atoms with Crippen molar-refractivity contribution in [3.05, 3.63) is 35.4 Å². The van der Waals surface area contributed by atoms with Gasteiger partial charge in [0.2, 0.25) is 0 Å². The fourth-order valence-electron chi connectivity index (χ4n) is 1.61. The summed E-state index contributed by atoms with van der Waals surface area (Å²) in [5, 5.41) is 2.71. The highest BCUT2D eigenvalue weighted by molar-refractivity contribution is 5.94. The van der Waals surface area contributed by atoms with Crippen molar-refractivity contribution in [2.45, 2.75) is 32.2 Å². The Morgan fingerprint density at radius 2 is 2.05 bits per heavy atom. The van der Waals surface area contributed by atoms with Gasteiger partial charge in [0.05, 0.1) is 0 Å². The minimum absolute atomic E-state index is 0. The molecule has 0 saturated heterocycles. The number of rotatable bonds is 6. The Morgan fingerprint density at radius 3 is 2.58 bits per heavy atom. The number of nitrogens with one attached hydrogen (secondary N) is 1. The van der Waals surface area contributed by atoms with E-state index < -0.39 is 17.5 Å². The number of carbonyl (C=O) groups is 1. The van der Waals surface area contributed by atoms with Gasteiger partial charge in [-0.2, -0.15) is 0 Å². The van der Waals surface area contributed by atoms with Gasteiger partial charge in [0.25, 0.3) is 5.91 Å². The summed E-state index contributed by atoms with van der Waals surface area (Å²) >= 11 is 0. The first-order chi connectivity index (χ1) is 8.58. The summed E-state index contributed by atoms with van der Waals surface area (Å²) in [5.74, 6) is -2.42. The van der Waals surface area contributed by atoms with Gasteiger partial charge in [0.15, 0.2) is 11.6 Å². The molecule has 0 aromatic heterocycles. The Morgan fingerprint density at radius 1 is 1.37 bits per heavy atom.